The first kappa shape index (κ1) is 14.6. The Bertz CT molecular complexity index is 733. The largest absolute Gasteiger partial charge is 0.343 e. The molecule has 22 heavy (non-hydrogen) atoms. The van der Waals surface area contributed by atoms with Crippen molar-refractivity contribution in [1.29, 1.82) is 0 Å². The molecule has 0 unspecified atom stereocenters. The summed E-state index contributed by atoms with van der Waals surface area (Å²) in [6, 6.07) is 6.52. The molecule has 0 bridgehead atoms. The number of pyridine rings is 1. The Morgan fingerprint density at radius 3 is 2.68 bits per heavy atom. The first-order valence-corrected chi connectivity index (χ1v) is 7.26. The smallest absolute Gasteiger partial charge is 0.166 e. The van der Waals surface area contributed by atoms with Crippen molar-refractivity contribution in [3.8, 4) is 11.1 Å². The van der Waals surface area contributed by atoms with Crippen LogP contribution in [0.25, 0.3) is 11.1 Å². The maximum absolute atomic E-state index is 14.3. The molecule has 3 nitrogen and oxygen atoms in total. The summed E-state index contributed by atoms with van der Waals surface area (Å²) in [5.74, 6) is -0.444. The molecule has 1 aliphatic heterocycles. The quantitative estimate of drug-likeness (QED) is 0.868. The minimum atomic E-state index is -0.436. The number of benzene rings is 1. The van der Waals surface area contributed by atoms with Crippen molar-refractivity contribution in [2.24, 2.45) is 4.99 Å². The molecule has 3 rings (SSSR count). The van der Waals surface area contributed by atoms with Gasteiger partial charge in [-0.3, -0.25) is 4.99 Å². The topological polar surface area (TPSA) is 28.5 Å². The predicted molar refractivity (Wildman–Crippen MR) is 84.5 cm³/mol. The second-order valence-electron chi connectivity index (χ2n) is 5.31. The van der Waals surface area contributed by atoms with Gasteiger partial charge in [0.2, 0.25) is 0 Å². The standard InChI is InChI=1S/C17H17F2N3/c1-3-11-5-4-6-14(16(11)19)12-7-15(18)17(21-8-12)22-9-13(10-22)20-2/h4-8H,3,9-10H2,1-2H3. The minimum absolute atomic E-state index is 0.295. The molecule has 114 valence electrons. The molecule has 0 aliphatic carbocycles. The van der Waals surface area contributed by atoms with Crippen molar-refractivity contribution in [2.45, 2.75) is 13.3 Å². The molecule has 0 spiro atoms. The van der Waals surface area contributed by atoms with Crippen molar-refractivity contribution < 1.29 is 8.78 Å². The van der Waals surface area contributed by atoms with Gasteiger partial charge in [-0.05, 0) is 18.1 Å². The van der Waals surface area contributed by atoms with Crippen molar-refractivity contribution in [1.82, 2.24) is 4.98 Å². The van der Waals surface area contributed by atoms with Gasteiger partial charge in [0.05, 0.1) is 18.8 Å². The Hall–Kier alpha value is -2.30. The second kappa shape index (κ2) is 5.83. The van der Waals surface area contributed by atoms with Crippen LogP contribution in [0.3, 0.4) is 0 Å². The van der Waals surface area contributed by atoms with Crippen LogP contribution in [0.4, 0.5) is 14.6 Å². The lowest BCUT2D eigenvalue weighted by atomic mass is 10.0. The molecule has 1 aromatic heterocycles. The van der Waals surface area contributed by atoms with Gasteiger partial charge in [0.25, 0.3) is 0 Å². The summed E-state index contributed by atoms with van der Waals surface area (Å²) in [7, 11) is 1.73. The molecule has 5 heteroatoms. The van der Waals surface area contributed by atoms with E-state index in [0.29, 0.717) is 42.0 Å². The van der Waals surface area contributed by atoms with Crippen molar-refractivity contribution in [3.05, 3.63) is 47.7 Å². The number of hydrogen-bond donors (Lipinski definition) is 0. The SMILES string of the molecule is CCc1cccc(-c2cnc(N3CC(=NC)C3)c(F)c2)c1F. The highest BCUT2D eigenvalue weighted by Crippen LogP contribution is 2.29. The van der Waals surface area contributed by atoms with Gasteiger partial charge in [0.1, 0.15) is 5.82 Å². The minimum Gasteiger partial charge on any atom is -0.343 e. The average Bonchev–Trinajstić information content (AvgIpc) is 2.48. The second-order valence-corrected chi connectivity index (χ2v) is 5.31. The fourth-order valence-electron chi connectivity index (χ4n) is 2.57. The molecule has 0 N–H and O–H groups in total. The molecular weight excluding hydrogens is 284 g/mol. The van der Waals surface area contributed by atoms with Crippen LogP contribution in [-0.4, -0.2) is 30.8 Å². The summed E-state index contributed by atoms with van der Waals surface area (Å²) < 4.78 is 28.6. The zero-order chi connectivity index (χ0) is 15.7. The van der Waals surface area contributed by atoms with Crippen LogP contribution in [0.2, 0.25) is 0 Å². The van der Waals surface area contributed by atoms with Gasteiger partial charge in [-0.25, -0.2) is 13.8 Å². The monoisotopic (exact) mass is 301 g/mol. The Kier molecular flexibility index (Phi) is 3.88. The van der Waals surface area contributed by atoms with Crippen LogP contribution in [0.5, 0.6) is 0 Å². The summed E-state index contributed by atoms with van der Waals surface area (Å²) in [4.78, 5) is 10.0. The average molecular weight is 301 g/mol. The number of nitrogens with zero attached hydrogens (tertiary/aromatic N) is 3. The number of hydrogen-bond acceptors (Lipinski definition) is 3. The highest BCUT2D eigenvalue weighted by atomic mass is 19.1. The van der Waals surface area contributed by atoms with Crippen LogP contribution in [0.15, 0.2) is 35.5 Å². The molecule has 1 aromatic carbocycles. The molecular formula is C17H17F2N3. The van der Waals surface area contributed by atoms with E-state index in [1.807, 2.05) is 6.92 Å². The Morgan fingerprint density at radius 1 is 1.27 bits per heavy atom. The third-order valence-corrected chi connectivity index (χ3v) is 3.95. The van der Waals surface area contributed by atoms with E-state index in [-0.39, 0.29) is 5.82 Å². The van der Waals surface area contributed by atoms with Crippen molar-refractivity contribution in [3.63, 3.8) is 0 Å². The lowest BCUT2D eigenvalue weighted by Gasteiger charge is -2.33. The summed E-state index contributed by atoms with van der Waals surface area (Å²) >= 11 is 0. The van der Waals surface area contributed by atoms with Crippen molar-refractivity contribution in [2.75, 3.05) is 25.0 Å². The summed E-state index contributed by atoms with van der Waals surface area (Å²) in [5, 5.41) is 0. The van der Waals surface area contributed by atoms with Crippen LogP contribution in [0.1, 0.15) is 12.5 Å². The van der Waals surface area contributed by atoms with Gasteiger partial charge in [0, 0.05) is 24.4 Å². The normalized spacial score (nSPS) is 14.0. The zero-order valence-corrected chi connectivity index (χ0v) is 12.6. The number of aliphatic imine (C=N–C) groups is 1. The molecule has 0 radical (unpaired) electrons. The fourth-order valence-corrected chi connectivity index (χ4v) is 2.57. The lowest BCUT2D eigenvalue weighted by Crippen LogP contribution is -2.48. The van der Waals surface area contributed by atoms with Crippen LogP contribution in [-0.2, 0) is 6.42 Å². The first-order valence-electron chi connectivity index (χ1n) is 7.26. The summed E-state index contributed by atoms with van der Waals surface area (Å²) in [5.41, 5.74) is 2.48. The van der Waals surface area contributed by atoms with Gasteiger partial charge in [-0.1, -0.05) is 25.1 Å². The van der Waals surface area contributed by atoms with E-state index in [4.69, 9.17) is 0 Å². The van der Waals surface area contributed by atoms with Gasteiger partial charge < -0.3 is 4.90 Å². The van der Waals surface area contributed by atoms with E-state index in [0.717, 1.165) is 5.71 Å². The number of rotatable bonds is 3. The summed E-state index contributed by atoms with van der Waals surface area (Å²) in [6.07, 6.45) is 2.12. The molecule has 0 atom stereocenters. The third kappa shape index (κ3) is 2.47. The Balaban J connectivity index is 1.93. The van der Waals surface area contributed by atoms with Crippen LogP contribution in [0, 0.1) is 11.6 Å². The zero-order valence-electron chi connectivity index (χ0n) is 12.6. The molecule has 1 aliphatic rings. The first-order chi connectivity index (χ1) is 10.6. The fraction of sp³-hybridized carbons (Fsp3) is 0.294. The van der Waals surface area contributed by atoms with E-state index < -0.39 is 5.82 Å². The highest BCUT2D eigenvalue weighted by molar-refractivity contribution is 5.99. The van der Waals surface area contributed by atoms with Gasteiger partial charge >= 0.3 is 0 Å². The molecule has 0 saturated carbocycles. The predicted octanol–water partition coefficient (Wildman–Crippen LogP) is 3.48. The maximum Gasteiger partial charge on any atom is 0.166 e. The maximum atomic E-state index is 14.3. The van der Waals surface area contributed by atoms with E-state index in [1.54, 1.807) is 30.1 Å². The van der Waals surface area contributed by atoms with E-state index in [1.165, 1.54) is 12.3 Å². The number of halogens is 2. The summed E-state index contributed by atoms with van der Waals surface area (Å²) in [6.45, 7) is 3.08. The lowest BCUT2D eigenvalue weighted by molar-refractivity contribution is 0.609. The molecule has 1 saturated heterocycles. The van der Waals surface area contributed by atoms with Crippen LogP contribution < -0.4 is 4.90 Å². The van der Waals surface area contributed by atoms with E-state index in [9.17, 15) is 8.78 Å². The Morgan fingerprint density at radius 2 is 2.05 bits per heavy atom. The molecule has 0 amide bonds. The highest BCUT2D eigenvalue weighted by Gasteiger charge is 2.25. The van der Waals surface area contributed by atoms with E-state index in [2.05, 4.69) is 9.98 Å². The molecule has 2 aromatic rings. The Labute approximate surface area is 128 Å². The molecule has 2 heterocycles. The van der Waals surface area contributed by atoms with Gasteiger partial charge in [-0.2, -0.15) is 0 Å². The van der Waals surface area contributed by atoms with E-state index >= 15 is 0 Å². The number of aryl methyl sites for hydroxylation is 1. The molecule has 1 fully saturated rings. The van der Waals surface area contributed by atoms with Crippen molar-refractivity contribution >= 4 is 11.5 Å². The van der Waals surface area contributed by atoms with Gasteiger partial charge in [-0.15, -0.1) is 0 Å². The number of anilines is 1. The van der Waals surface area contributed by atoms with Crippen LogP contribution >= 0.6 is 0 Å². The number of aromatic nitrogens is 1. The third-order valence-electron chi connectivity index (χ3n) is 3.95. The van der Waals surface area contributed by atoms with Gasteiger partial charge in [0.15, 0.2) is 11.6 Å².